The second kappa shape index (κ2) is 7.09. The fourth-order valence-corrected chi connectivity index (χ4v) is 2.44. The van der Waals surface area contributed by atoms with Gasteiger partial charge in [0.05, 0.1) is 6.54 Å². The van der Waals surface area contributed by atoms with Crippen molar-refractivity contribution in [1.29, 1.82) is 0 Å². The molecule has 5 nitrogen and oxygen atoms in total. The monoisotopic (exact) mass is 337 g/mol. The van der Waals surface area contributed by atoms with E-state index < -0.39 is 17.3 Å². The SMILES string of the molecule is Cc1cccc(NC(=O)c2cccn(Cc3ccccc3F)c2=O)n1. The lowest BCUT2D eigenvalue weighted by atomic mass is 10.2. The van der Waals surface area contributed by atoms with Gasteiger partial charge in [0.25, 0.3) is 11.5 Å². The van der Waals surface area contributed by atoms with E-state index in [1.54, 1.807) is 49.4 Å². The van der Waals surface area contributed by atoms with Crippen LogP contribution in [0.5, 0.6) is 0 Å². The number of anilines is 1. The molecule has 0 bridgehead atoms. The smallest absolute Gasteiger partial charge is 0.263 e. The van der Waals surface area contributed by atoms with Crippen LogP contribution in [0.25, 0.3) is 0 Å². The number of halogens is 1. The molecule has 0 saturated heterocycles. The maximum Gasteiger partial charge on any atom is 0.263 e. The summed E-state index contributed by atoms with van der Waals surface area (Å²) >= 11 is 0. The Balaban J connectivity index is 1.87. The van der Waals surface area contributed by atoms with E-state index in [1.165, 1.54) is 22.9 Å². The van der Waals surface area contributed by atoms with Crippen LogP contribution in [-0.4, -0.2) is 15.5 Å². The van der Waals surface area contributed by atoms with Gasteiger partial charge < -0.3 is 9.88 Å². The molecular weight excluding hydrogens is 321 g/mol. The molecular formula is C19H16FN3O2. The van der Waals surface area contributed by atoms with Gasteiger partial charge in [-0.2, -0.15) is 0 Å². The van der Waals surface area contributed by atoms with Gasteiger partial charge >= 0.3 is 0 Å². The number of benzene rings is 1. The minimum absolute atomic E-state index is 0.0258. The van der Waals surface area contributed by atoms with E-state index in [-0.39, 0.29) is 12.1 Å². The Hall–Kier alpha value is -3.28. The minimum atomic E-state index is -0.550. The molecule has 1 N–H and O–H groups in total. The van der Waals surface area contributed by atoms with E-state index in [1.807, 2.05) is 0 Å². The zero-order chi connectivity index (χ0) is 17.8. The number of rotatable bonds is 4. The third kappa shape index (κ3) is 3.80. The summed E-state index contributed by atoms with van der Waals surface area (Å²) in [6.45, 7) is 1.86. The predicted octanol–water partition coefficient (Wildman–Crippen LogP) is 2.99. The molecule has 1 amide bonds. The summed E-state index contributed by atoms with van der Waals surface area (Å²) < 4.78 is 15.1. The molecule has 0 spiro atoms. The third-order valence-electron chi connectivity index (χ3n) is 3.69. The number of aryl methyl sites for hydroxylation is 1. The predicted molar refractivity (Wildman–Crippen MR) is 93.1 cm³/mol. The Kier molecular flexibility index (Phi) is 4.70. The van der Waals surface area contributed by atoms with E-state index in [9.17, 15) is 14.0 Å². The second-order valence-electron chi connectivity index (χ2n) is 5.56. The van der Waals surface area contributed by atoms with Crippen molar-refractivity contribution in [2.24, 2.45) is 0 Å². The van der Waals surface area contributed by atoms with Crippen LogP contribution in [0.3, 0.4) is 0 Å². The van der Waals surface area contributed by atoms with E-state index in [2.05, 4.69) is 10.3 Å². The first-order chi connectivity index (χ1) is 12.0. The molecule has 1 aromatic carbocycles. The Morgan fingerprint density at radius 3 is 2.68 bits per heavy atom. The number of aromatic nitrogens is 2. The summed E-state index contributed by atoms with van der Waals surface area (Å²) in [5.74, 6) is -0.576. The van der Waals surface area contributed by atoms with Crippen LogP contribution >= 0.6 is 0 Å². The summed E-state index contributed by atoms with van der Waals surface area (Å²) in [4.78, 5) is 29.1. The molecule has 3 rings (SSSR count). The lowest BCUT2D eigenvalue weighted by Crippen LogP contribution is -2.29. The Morgan fingerprint density at radius 2 is 1.92 bits per heavy atom. The largest absolute Gasteiger partial charge is 0.310 e. The molecule has 0 aliphatic carbocycles. The first kappa shape index (κ1) is 16.6. The summed E-state index contributed by atoms with van der Waals surface area (Å²) in [6, 6.07) is 14.5. The highest BCUT2D eigenvalue weighted by Gasteiger charge is 2.14. The molecule has 3 aromatic rings. The third-order valence-corrected chi connectivity index (χ3v) is 3.69. The maximum atomic E-state index is 13.8. The zero-order valence-electron chi connectivity index (χ0n) is 13.6. The van der Waals surface area contributed by atoms with Gasteiger partial charge in [-0.1, -0.05) is 24.3 Å². The van der Waals surface area contributed by atoms with Gasteiger partial charge in [-0.05, 0) is 37.3 Å². The average Bonchev–Trinajstić information content (AvgIpc) is 2.58. The molecule has 2 heterocycles. The molecule has 0 atom stereocenters. The van der Waals surface area contributed by atoms with Gasteiger partial charge in [0.1, 0.15) is 17.2 Å². The number of carbonyl (C=O) groups is 1. The highest BCUT2D eigenvalue weighted by atomic mass is 19.1. The minimum Gasteiger partial charge on any atom is -0.310 e. The first-order valence-electron chi connectivity index (χ1n) is 7.72. The highest BCUT2D eigenvalue weighted by molar-refractivity contribution is 6.03. The van der Waals surface area contributed by atoms with Crippen LogP contribution in [0.4, 0.5) is 10.2 Å². The van der Waals surface area contributed by atoms with E-state index in [0.717, 1.165) is 5.69 Å². The van der Waals surface area contributed by atoms with Crippen LogP contribution in [-0.2, 0) is 6.54 Å². The number of pyridine rings is 2. The molecule has 0 unspecified atom stereocenters. The van der Waals surface area contributed by atoms with E-state index in [4.69, 9.17) is 0 Å². The van der Waals surface area contributed by atoms with Gasteiger partial charge in [0, 0.05) is 17.5 Å². The standard InChI is InChI=1S/C19H16FN3O2/c1-13-6-4-10-17(21-13)22-18(24)15-8-5-11-23(19(15)25)12-14-7-2-3-9-16(14)20/h2-11H,12H2,1H3,(H,21,22,24). The Bertz CT molecular complexity index is 982. The van der Waals surface area contributed by atoms with Crippen LogP contribution in [0.1, 0.15) is 21.6 Å². The van der Waals surface area contributed by atoms with Crippen molar-refractivity contribution in [1.82, 2.24) is 9.55 Å². The number of nitrogens with zero attached hydrogens (tertiary/aromatic N) is 2. The van der Waals surface area contributed by atoms with Gasteiger partial charge in [-0.3, -0.25) is 9.59 Å². The topological polar surface area (TPSA) is 64.0 Å². The van der Waals surface area contributed by atoms with Gasteiger partial charge in [-0.25, -0.2) is 9.37 Å². The van der Waals surface area contributed by atoms with Crippen molar-refractivity contribution in [3.05, 3.63) is 93.8 Å². The van der Waals surface area contributed by atoms with Crippen LogP contribution in [0.15, 0.2) is 65.6 Å². The van der Waals surface area contributed by atoms with Crippen molar-refractivity contribution >= 4 is 11.7 Å². The van der Waals surface area contributed by atoms with Gasteiger partial charge in [0.2, 0.25) is 0 Å². The zero-order valence-corrected chi connectivity index (χ0v) is 13.6. The van der Waals surface area contributed by atoms with Crippen molar-refractivity contribution < 1.29 is 9.18 Å². The van der Waals surface area contributed by atoms with Crippen LogP contribution in [0, 0.1) is 12.7 Å². The summed E-state index contributed by atoms with van der Waals surface area (Å²) in [6.07, 6.45) is 1.52. The number of carbonyl (C=O) groups excluding carboxylic acids is 1. The van der Waals surface area contributed by atoms with Crippen molar-refractivity contribution in [3.63, 3.8) is 0 Å². The molecule has 25 heavy (non-hydrogen) atoms. The molecule has 0 saturated carbocycles. The first-order valence-corrected chi connectivity index (χ1v) is 7.72. The highest BCUT2D eigenvalue weighted by Crippen LogP contribution is 2.09. The normalized spacial score (nSPS) is 10.5. The second-order valence-corrected chi connectivity index (χ2v) is 5.56. The molecule has 0 aliphatic rings. The van der Waals surface area contributed by atoms with Crippen LogP contribution in [0.2, 0.25) is 0 Å². The Labute approximate surface area is 143 Å². The molecule has 0 fully saturated rings. The summed E-state index contributed by atoms with van der Waals surface area (Å²) in [5.41, 5.74) is 0.614. The molecule has 0 aliphatic heterocycles. The quantitative estimate of drug-likeness (QED) is 0.796. The maximum absolute atomic E-state index is 13.8. The number of amides is 1. The summed E-state index contributed by atoms with van der Waals surface area (Å²) in [5, 5.41) is 2.60. The van der Waals surface area contributed by atoms with Crippen molar-refractivity contribution in [2.45, 2.75) is 13.5 Å². The van der Waals surface area contributed by atoms with E-state index >= 15 is 0 Å². The Morgan fingerprint density at radius 1 is 1.12 bits per heavy atom. The molecule has 6 heteroatoms. The fourth-order valence-electron chi connectivity index (χ4n) is 2.44. The fraction of sp³-hybridized carbons (Fsp3) is 0.105. The van der Waals surface area contributed by atoms with Gasteiger partial charge in [0.15, 0.2) is 0 Å². The van der Waals surface area contributed by atoms with E-state index in [0.29, 0.717) is 11.4 Å². The van der Waals surface area contributed by atoms with Crippen LogP contribution < -0.4 is 10.9 Å². The molecule has 0 radical (unpaired) electrons. The summed E-state index contributed by atoms with van der Waals surface area (Å²) in [7, 11) is 0. The van der Waals surface area contributed by atoms with Gasteiger partial charge in [-0.15, -0.1) is 0 Å². The number of hydrogen-bond acceptors (Lipinski definition) is 3. The van der Waals surface area contributed by atoms with Crippen molar-refractivity contribution in [3.8, 4) is 0 Å². The number of nitrogens with one attached hydrogen (secondary N) is 1. The molecule has 126 valence electrons. The molecule has 2 aromatic heterocycles. The van der Waals surface area contributed by atoms with Crippen molar-refractivity contribution in [2.75, 3.05) is 5.32 Å². The number of hydrogen-bond donors (Lipinski definition) is 1. The average molecular weight is 337 g/mol. The lowest BCUT2D eigenvalue weighted by molar-refractivity contribution is 0.102. The lowest BCUT2D eigenvalue weighted by Gasteiger charge is -2.09.